The van der Waals surface area contributed by atoms with E-state index in [2.05, 4.69) is 9.72 Å². The van der Waals surface area contributed by atoms with E-state index in [0.29, 0.717) is 16.7 Å². The Kier molecular flexibility index (Phi) is 3.76. The first-order valence-electron chi connectivity index (χ1n) is 6.04. The molecule has 0 aliphatic carbocycles. The Morgan fingerprint density at radius 3 is 2.48 bits per heavy atom. The van der Waals surface area contributed by atoms with Crippen LogP contribution in [0.1, 0.15) is 21.6 Å². The van der Waals surface area contributed by atoms with E-state index < -0.39 is 17.8 Å². The van der Waals surface area contributed by atoms with Crippen LogP contribution in [-0.4, -0.2) is 22.6 Å². The van der Waals surface area contributed by atoms with Crippen molar-refractivity contribution in [2.75, 3.05) is 7.11 Å². The van der Waals surface area contributed by atoms with Gasteiger partial charge in [0.25, 0.3) is 0 Å². The summed E-state index contributed by atoms with van der Waals surface area (Å²) in [5.41, 5.74) is 0.523. The predicted molar refractivity (Wildman–Crippen MR) is 69.7 cm³/mol. The van der Waals surface area contributed by atoms with Gasteiger partial charge in [-0.25, -0.2) is 9.78 Å². The van der Waals surface area contributed by atoms with Gasteiger partial charge in [-0.15, -0.1) is 0 Å². The van der Waals surface area contributed by atoms with Crippen LogP contribution in [0, 0.1) is 6.92 Å². The number of carbonyl (C=O) groups excluding carboxylic acids is 1. The third-order valence-electron chi connectivity index (χ3n) is 3.06. The molecule has 1 heterocycles. The van der Waals surface area contributed by atoms with Crippen molar-refractivity contribution in [2.45, 2.75) is 13.1 Å². The molecule has 4 nitrogen and oxygen atoms in total. The predicted octanol–water partition coefficient (Wildman–Crippen LogP) is 3.20. The van der Waals surface area contributed by atoms with Gasteiger partial charge >= 0.3 is 12.1 Å². The number of alkyl halides is 3. The fourth-order valence-electron chi connectivity index (χ4n) is 2.01. The lowest BCUT2D eigenvalue weighted by Crippen LogP contribution is -2.05. The van der Waals surface area contributed by atoms with Crippen LogP contribution in [0.4, 0.5) is 13.2 Å². The molecule has 2 aromatic rings. The normalized spacial score (nSPS) is 11.5. The highest BCUT2D eigenvalue weighted by Crippen LogP contribution is 2.31. The van der Waals surface area contributed by atoms with E-state index in [-0.39, 0.29) is 5.82 Å². The zero-order valence-corrected chi connectivity index (χ0v) is 11.7. The monoisotopic (exact) mass is 298 g/mol. The number of nitrogens with zero attached hydrogens (tertiary/aromatic N) is 2. The molecule has 0 spiro atoms. The number of imidazole rings is 1. The second-order valence-electron chi connectivity index (χ2n) is 4.58. The molecule has 0 fully saturated rings. The smallest absolute Gasteiger partial charge is 0.434 e. The zero-order valence-electron chi connectivity index (χ0n) is 11.7. The number of rotatable bonds is 2. The average molecular weight is 298 g/mol. The van der Waals surface area contributed by atoms with E-state index in [0.717, 1.165) is 6.20 Å². The summed E-state index contributed by atoms with van der Waals surface area (Å²) in [6, 6.07) is 4.66. The maximum Gasteiger partial charge on any atom is 0.434 e. The second-order valence-corrected chi connectivity index (χ2v) is 4.58. The maximum atomic E-state index is 12.7. The molecule has 1 aromatic heterocycles. The van der Waals surface area contributed by atoms with Crippen LogP contribution in [0.5, 0.6) is 0 Å². The van der Waals surface area contributed by atoms with Crippen LogP contribution >= 0.6 is 0 Å². The molecule has 21 heavy (non-hydrogen) atoms. The molecule has 0 amide bonds. The summed E-state index contributed by atoms with van der Waals surface area (Å²) >= 11 is 0. The first-order valence-corrected chi connectivity index (χ1v) is 6.04. The van der Waals surface area contributed by atoms with Gasteiger partial charge in [-0.2, -0.15) is 13.2 Å². The van der Waals surface area contributed by atoms with E-state index in [4.69, 9.17) is 0 Å². The summed E-state index contributed by atoms with van der Waals surface area (Å²) < 4.78 is 43.9. The van der Waals surface area contributed by atoms with Crippen molar-refractivity contribution >= 4 is 5.97 Å². The van der Waals surface area contributed by atoms with Gasteiger partial charge in [-0.05, 0) is 24.6 Å². The van der Waals surface area contributed by atoms with Gasteiger partial charge in [-0.1, -0.05) is 6.07 Å². The van der Waals surface area contributed by atoms with E-state index in [1.807, 2.05) is 0 Å². The molecular formula is C14H13F3N2O2. The Bertz CT molecular complexity index is 690. The molecular weight excluding hydrogens is 285 g/mol. The Morgan fingerprint density at radius 1 is 1.33 bits per heavy atom. The summed E-state index contributed by atoms with van der Waals surface area (Å²) in [7, 11) is 2.76. The molecule has 0 saturated carbocycles. The van der Waals surface area contributed by atoms with Crippen LogP contribution in [0.15, 0.2) is 24.4 Å². The highest BCUT2D eigenvalue weighted by molar-refractivity contribution is 5.91. The minimum atomic E-state index is -4.49. The fourth-order valence-corrected chi connectivity index (χ4v) is 2.01. The lowest BCUT2D eigenvalue weighted by Gasteiger charge is -2.07. The van der Waals surface area contributed by atoms with Crippen LogP contribution in [0.3, 0.4) is 0 Å². The number of methoxy groups -OCH3 is 1. The Labute approximate surface area is 119 Å². The summed E-state index contributed by atoms with van der Waals surface area (Å²) in [6.45, 7) is 1.68. The SMILES string of the molecule is COC(=O)c1ccc(-c2nc(C(F)(F)F)cn2C)cc1C. The van der Waals surface area contributed by atoms with Gasteiger partial charge in [0.05, 0.1) is 12.7 Å². The van der Waals surface area contributed by atoms with Crippen molar-refractivity contribution in [3.63, 3.8) is 0 Å². The number of halogens is 3. The topological polar surface area (TPSA) is 44.1 Å². The zero-order chi connectivity index (χ0) is 15.8. The van der Waals surface area contributed by atoms with Gasteiger partial charge in [0.15, 0.2) is 5.69 Å². The summed E-state index contributed by atoms with van der Waals surface area (Å²) in [5, 5.41) is 0. The molecule has 0 aliphatic rings. The first-order chi connectivity index (χ1) is 9.74. The fraction of sp³-hybridized carbons (Fsp3) is 0.286. The van der Waals surface area contributed by atoms with Gasteiger partial charge in [-0.3, -0.25) is 0 Å². The largest absolute Gasteiger partial charge is 0.465 e. The standard InChI is InChI=1S/C14H13F3N2O2/c1-8-6-9(4-5-10(8)13(20)21-3)12-18-11(7-19(12)2)14(15,16)17/h4-7H,1-3H3. The average Bonchev–Trinajstić information content (AvgIpc) is 2.80. The van der Waals surface area contributed by atoms with Crippen molar-refractivity contribution in [2.24, 2.45) is 7.05 Å². The maximum absolute atomic E-state index is 12.7. The molecule has 0 unspecified atom stereocenters. The number of ether oxygens (including phenoxy) is 1. The molecule has 7 heteroatoms. The molecule has 0 atom stereocenters. The second kappa shape index (κ2) is 5.23. The van der Waals surface area contributed by atoms with Crippen LogP contribution in [0.25, 0.3) is 11.4 Å². The van der Waals surface area contributed by atoms with Crippen LogP contribution in [0.2, 0.25) is 0 Å². The highest BCUT2D eigenvalue weighted by Gasteiger charge is 2.34. The third kappa shape index (κ3) is 2.91. The van der Waals surface area contributed by atoms with Crippen LogP contribution in [-0.2, 0) is 18.0 Å². The minimum Gasteiger partial charge on any atom is -0.465 e. The van der Waals surface area contributed by atoms with Gasteiger partial charge in [0, 0.05) is 18.8 Å². The minimum absolute atomic E-state index is 0.182. The molecule has 0 radical (unpaired) electrons. The number of aromatic nitrogens is 2. The first kappa shape index (κ1) is 15.1. The van der Waals surface area contributed by atoms with Crippen molar-refractivity contribution in [3.05, 3.63) is 41.2 Å². The van der Waals surface area contributed by atoms with Crippen molar-refractivity contribution in [1.82, 2.24) is 9.55 Å². The lowest BCUT2D eigenvalue weighted by molar-refractivity contribution is -0.140. The molecule has 0 N–H and O–H groups in total. The lowest BCUT2D eigenvalue weighted by atomic mass is 10.0. The number of hydrogen-bond donors (Lipinski definition) is 0. The highest BCUT2D eigenvalue weighted by atomic mass is 19.4. The molecule has 1 aromatic carbocycles. The number of aryl methyl sites for hydroxylation is 2. The molecule has 112 valence electrons. The van der Waals surface area contributed by atoms with E-state index in [9.17, 15) is 18.0 Å². The Hall–Kier alpha value is -2.31. The Balaban J connectivity index is 2.46. The molecule has 2 rings (SSSR count). The number of carbonyl (C=O) groups is 1. The number of esters is 1. The quantitative estimate of drug-likeness (QED) is 0.800. The molecule has 0 aliphatic heterocycles. The molecule has 0 bridgehead atoms. The summed E-state index contributed by atoms with van der Waals surface area (Å²) in [4.78, 5) is 15.1. The van der Waals surface area contributed by atoms with E-state index in [1.54, 1.807) is 19.1 Å². The van der Waals surface area contributed by atoms with E-state index >= 15 is 0 Å². The van der Waals surface area contributed by atoms with Crippen molar-refractivity contribution < 1.29 is 22.7 Å². The summed E-state index contributed by atoms with van der Waals surface area (Å²) in [6.07, 6.45) is -3.56. The van der Waals surface area contributed by atoms with E-state index in [1.165, 1.54) is 24.8 Å². The van der Waals surface area contributed by atoms with Crippen molar-refractivity contribution in [1.29, 1.82) is 0 Å². The van der Waals surface area contributed by atoms with Crippen LogP contribution < -0.4 is 0 Å². The number of benzene rings is 1. The van der Waals surface area contributed by atoms with Gasteiger partial charge < -0.3 is 9.30 Å². The van der Waals surface area contributed by atoms with Gasteiger partial charge in [0.2, 0.25) is 0 Å². The molecule has 0 saturated heterocycles. The van der Waals surface area contributed by atoms with Crippen molar-refractivity contribution in [3.8, 4) is 11.4 Å². The number of hydrogen-bond acceptors (Lipinski definition) is 3. The summed E-state index contributed by atoms with van der Waals surface area (Å²) in [5.74, 6) is -0.309. The third-order valence-corrected chi connectivity index (χ3v) is 3.06. The Morgan fingerprint density at radius 2 is 2.00 bits per heavy atom. The van der Waals surface area contributed by atoms with Gasteiger partial charge in [0.1, 0.15) is 5.82 Å².